The number of benzene rings is 2. The third kappa shape index (κ3) is 3.23. The summed E-state index contributed by atoms with van der Waals surface area (Å²) in [7, 11) is 1.54. The second-order valence-corrected chi connectivity index (χ2v) is 7.27. The fraction of sp³-hybridized carbons (Fsp3) is 0.0526. The Bertz CT molecular complexity index is 1140. The summed E-state index contributed by atoms with van der Waals surface area (Å²) in [6.45, 7) is 0. The smallest absolute Gasteiger partial charge is 0.345 e. The topological polar surface area (TPSA) is 64.4 Å². The van der Waals surface area contributed by atoms with Gasteiger partial charge in [0.05, 0.1) is 18.4 Å². The van der Waals surface area contributed by atoms with E-state index in [1.807, 2.05) is 41.8 Å². The summed E-state index contributed by atoms with van der Waals surface area (Å²) in [6, 6.07) is 15.0. The average Bonchev–Trinajstić information content (AvgIpc) is 3.11. The summed E-state index contributed by atoms with van der Waals surface area (Å²) in [5.41, 5.74) is 1.91. The Hall–Kier alpha value is -2.64. The molecule has 4 rings (SSSR count). The van der Waals surface area contributed by atoms with Gasteiger partial charge >= 0.3 is 5.63 Å². The van der Waals surface area contributed by atoms with Crippen molar-refractivity contribution in [2.45, 2.75) is 0 Å². The molecular weight excluding hydrogens is 416 g/mol. The molecule has 26 heavy (non-hydrogen) atoms. The number of fused-ring (bicyclic) bond motifs is 1. The van der Waals surface area contributed by atoms with Crippen molar-refractivity contribution in [1.82, 2.24) is 4.98 Å². The highest BCUT2D eigenvalue weighted by atomic mass is 79.9. The lowest BCUT2D eigenvalue weighted by Crippen LogP contribution is -2.03. The molecule has 2 aromatic carbocycles. The highest BCUT2D eigenvalue weighted by Crippen LogP contribution is 2.30. The number of hydrogen-bond donors (Lipinski definition) is 1. The van der Waals surface area contributed by atoms with Gasteiger partial charge in [-0.15, -0.1) is 11.3 Å². The van der Waals surface area contributed by atoms with Crippen LogP contribution in [0, 0.1) is 0 Å². The van der Waals surface area contributed by atoms with Crippen molar-refractivity contribution in [2.75, 3.05) is 12.4 Å². The van der Waals surface area contributed by atoms with Gasteiger partial charge in [-0.25, -0.2) is 9.78 Å². The highest BCUT2D eigenvalue weighted by molar-refractivity contribution is 9.10. The quantitative estimate of drug-likeness (QED) is 0.438. The number of hydrogen-bond acceptors (Lipinski definition) is 6. The summed E-state index contributed by atoms with van der Waals surface area (Å²) in [5, 5.41) is 6.55. The molecular formula is C19H13BrN2O3S. The summed E-state index contributed by atoms with van der Waals surface area (Å²) in [6.07, 6.45) is 0. The van der Waals surface area contributed by atoms with Crippen LogP contribution in [0.25, 0.3) is 22.2 Å². The van der Waals surface area contributed by atoms with Crippen molar-refractivity contribution < 1.29 is 9.15 Å². The van der Waals surface area contributed by atoms with E-state index in [1.54, 1.807) is 19.2 Å². The molecule has 0 bridgehead atoms. The molecule has 5 nitrogen and oxygen atoms in total. The van der Waals surface area contributed by atoms with Crippen LogP contribution in [0.1, 0.15) is 0 Å². The maximum Gasteiger partial charge on any atom is 0.345 e. The standard InChI is InChI=1S/C19H13BrN2O3S/c1-24-16-4-2-3-11-9-14(18(23)25-17(11)16)15-10-26-19(22-15)21-13-7-5-12(20)6-8-13/h2-10H,1H3,(H,21,22). The lowest BCUT2D eigenvalue weighted by molar-refractivity contribution is 0.407. The molecule has 0 saturated heterocycles. The van der Waals surface area contributed by atoms with Crippen LogP contribution in [0.3, 0.4) is 0 Å². The van der Waals surface area contributed by atoms with E-state index < -0.39 is 5.63 Å². The molecule has 2 aromatic heterocycles. The lowest BCUT2D eigenvalue weighted by atomic mass is 10.1. The number of aromatic nitrogens is 1. The number of thiazole rings is 1. The maximum absolute atomic E-state index is 12.4. The Morgan fingerprint density at radius 1 is 1.19 bits per heavy atom. The van der Waals surface area contributed by atoms with Crippen LogP contribution >= 0.6 is 27.3 Å². The van der Waals surface area contributed by atoms with Crippen molar-refractivity contribution in [2.24, 2.45) is 0 Å². The van der Waals surface area contributed by atoms with Crippen molar-refractivity contribution in [3.63, 3.8) is 0 Å². The first kappa shape index (κ1) is 16.8. The van der Waals surface area contributed by atoms with Gasteiger partial charge in [-0.1, -0.05) is 28.1 Å². The van der Waals surface area contributed by atoms with Crippen LogP contribution in [0.15, 0.2) is 67.6 Å². The van der Waals surface area contributed by atoms with Crippen LogP contribution in [0.5, 0.6) is 5.75 Å². The summed E-state index contributed by atoms with van der Waals surface area (Å²) in [4.78, 5) is 16.9. The fourth-order valence-electron chi connectivity index (χ4n) is 2.57. The van der Waals surface area contributed by atoms with Crippen LogP contribution in [-0.2, 0) is 0 Å². The zero-order valence-electron chi connectivity index (χ0n) is 13.7. The van der Waals surface area contributed by atoms with Gasteiger partial charge in [0.1, 0.15) is 0 Å². The summed E-state index contributed by atoms with van der Waals surface area (Å²) >= 11 is 4.83. The number of methoxy groups -OCH3 is 1. The van der Waals surface area contributed by atoms with Gasteiger partial charge < -0.3 is 14.5 Å². The molecule has 130 valence electrons. The SMILES string of the molecule is COc1cccc2cc(-c3csc(Nc4ccc(Br)cc4)n3)c(=O)oc12. The molecule has 0 radical (unpaired) electrons. The molecule has 0 saturated carbocycles. The van der Waals surface area contributed by atoms with E-state index in [0.717, 1.165) is 15.5 Å². The fourth-order valence-corrected chi connectivity index (χ4v) is 3.56. The van der Waals surface area contributed by atoms with Crippen molar-refractivity contribution >= 4 is 49.1 Å². The highest BCUT2D eigenvalue weighted by Gasteiger charge is 2.13. The molecule has 0 aliphatic rings. The van der Waals surface area contributed by atoms with Gasteiger partial charge in [-0.2, -0.15) is 0 Å². The zero-order chi connectivity index (χ0) is 18.1. The zero-order valence-corrected chi connectivity index (χ0v) is 16.1. The van der Waals surface area contributed by atoms with Gasteiger partial charge in [-0.3, -0.25) is 0 Å². The van der Waals surface area contributed by atoms with Crippen LogP contribution in [0.4, 0.5) is 10.8 Å². The van der Waals surface area contributed by atoms with E-state index in [4.69, 9.17) is 9.15 Å². The first-order valence-electron chi connectivity index (χ1n) is 7.73. The number of ether oxygens (including phenoxy) is 1. The van der Waals surface area contributed by atoms with E-state index in [2.05, 4.69) is 26.2 Å². The third-order valence-corrected chi connectivity index (χ3v) is 5.11. The van der Waals surface area contributed by atoms with E-state index in [0.29, 0.717) is 27.7 Å². The van der Waals surface area contributed by atoms with Crippen molar-refractivity contribution in [3.05, 3.63) is 68.8 Å². The van der Waals surface area contributed by atoms with Crippen LogP contribution in [-0.4, -0.2) is 12.1 Å². The van der Waals surface area contributed by atoms with Crippen LogP contribution in [0.2, 0.25) is 0 Å². The second-order valence-electron chi connectivity index (χ2n) is 5.50. The van der Waals surface area contributed by atoms with Crippen LogP contribution < -0.4 is 15.7 Å². The number of para-hydroxylation sites is 1. The third-order valence-electron chi connectivity index (χ3n) is 3.82. The molecule has 7 heteroatoms. The van der Waals surface area contributed by atoms with Crippen molar-refractivity contribution in [3.8, 4) is 17.0 Å². The Balaban J connectivity index is 1.70. The van der Waals surface area contributed by atoms with Gasteiger partial charge in [-0.05, 0) is 36.4 Å². The largest absolute Gasteiger partial charge is 0.493 e. The van der Waals surface area contributed by atoms with Gasteiger partial charge in [0.25, 0.3) is 0 Å². The molecule has 2 heterocycles. The van der Waals surface area contributed by atoms with Gasteiger partial charge in [0.15, 0.2) is 16.5 Å². The molecule has 0 unspecified atom stereocenters. The minimum Gasteiger partial charge on any atom is -0.493 e. The average molecular weight is 429 g/mol. The molecule has 0 aliphatic heterocycles. The summed E-state index contributed by atoms with van der Waals surface area (Å²) < 4.78 is 11.7. The predicted octanol–water partition coefficient (Wildman–Crippen LogP) is 5.43. The molecule has 4 aromatic rings. The second kappa shape index (κ2) is 6.93. The predicted molar refractivity (Wildman–Crippen MR) is 108 cm³/mol. The first-order valence-corrected chi connectivity index (χ1v) is 9.40. The number of nitrogens with zero attached hydrogens (tertiary/aromatic N) is 1. The minimum atomic E-state index is -0.442. The number of rotatable bonds is 4. The van der Waals surface area contributed by atoms with E-state index in [1.165, 1.54) is 11.3 Å². The van der Waals surface area contributed by atoms with E-state index in [-0.39, 0.29) is 0 Å². The number of anilines is 2. The Morgan fingerprint density at radius 2 is 2.00 bits per heavy atom. The normalized spacial score (nSPS) is 10.8. The maximum atomic E-state index is 12.4. The minimum absolute atomic E-state index is 0.422. The Labute approximate surface area is 161 Å². The van der Waals surface area contributed by atoms with Gasteiger partial charge in [0.2, 0.25) is 0 Å². The molecule has 0 amide bonds. The Kier molecular flexibility index (Phi) is 4.48. The first-order chi connectivity index (χ1) is 12.6. The molecule has 0 atom stereocenters. The number of nitrogens with one attached hydrogen (secondary N) is 1. The van der Waals surface area contributed by atoms with E-state index >= 15 is 0 Å². The monoisotopic (exact) mass is 428 g/mol. The summed E-state index contributed by atoms with van der Waals surface area (Å²) in [5.74, 6) is 0.530. The van der Waals surface area contributed by atoms with Gasteiger partial charge in [0, 0.05) is 20.9 Å². The number of halogens is 1. The molecule has 0 aliphatic carbocycles. The molecule has 0 spiro atoms. The molecule has 1 N–H and O–H groups in total. The van der Waals surface area contributed by atoms with Crippen molar-refractivity contribution in [1.29, 1.82) is 0 Å². The van der Waals surface area contributed by atoms with E-state index in [9.17, 15) is 4.79 Å². The lowest BCUT2D eigenvalue weighted by Gasteiger charge is -2.04. The Morgan fingerprint density at radius 3 is 2.77 bits per heavy atom. The molecule has 0 fully saturated rings.